The van der Waals surface area contributed by atoms with Crippen LogP contribution >= 0.6 is 11.8 Å². The summed E-state index contributed by atoms with van der Waals surface area (Å²) in [5.41, 5.74) is 5.82. The number of β-lactam (4-membered cyclic amide) rings is 1. The Kier molecular flexibility index (Phi) is 2.94. The summed E-state index contributed by atoms with van der Waals surface area (Å²) in [6.45, 7) is 1.89. The Morgan fingerprint density at radius 3 is 2.94 bits per heavy atom. The Balaban J connectivity index is 2.15. The molecule has 2 heterocycles. The van der Waals surface area contributed by atoms with Gasteiger partial charge in [0.2, 0.25) is 5.91 Å². The van der Waals surface area contributed by atoms with E-state index < -0.39 is 5.97 Å². The van der Waals surface area contributed by atoms with Crippen molar-refractivity contribution in [3.8, 4) is 0 Å². The summed E-state index contributed by atoms with van der Waals surface area (Å²) in [4.78, 5) is 24.6. The van der Waals surface area contributed by atoms with E-state index in [1.165, 1.54) is 16.7 Å². The highest BCUT2D eigenvalue weighted by Crippen LogP contribution is 2.47. The Hall–Kier alpha value is -1.01. The van der Waals surface area contributed by atoms with Gasteiger partial charge in [0, 0.05) is 10.9 Å². The number of carbonyl (C=O) groups excluding carboxylic acids is 1. The fourth-order valence-corrected chi connectivity index (χ4v) is 3.28. The molecular formula is C10H14N2O3S. The third kappa shape index (κ3) is 1.82. The molecule has 0 aromatic carbocycles. The van der Waals surface area contributed by atoms with E-state index in [4.69, 9.17) is 10.8 Å². The quantitative estimate of drug-likeness (QED) is 0.709. The van der Waals surface area contributed by atoms with E-state index in [-0.39, 0.29) is 23.0 Å². The third-order valence-corrected chi connectivity index (χ3v) is 4.05. The molecule has 6 heteroatoms. The molecule has 16 heavy (non-hydrogen) atoms. The number of nitrogens with two attached hydrogens (primary N) is 1. The Labute approximate surface area is 97.7 Å². The van der Waals surface area contributed by atoms with E-state index in [0.29, 0.717) is 12.8 Å². The number of carbonyl (C=O) groups is 2. The summed E-state index contributed by atoms with van der Waals surface area (Å²) in [7, 11) is 0. The Morgan fingerprint density at radius 1 is 1.75 bits per heavy atom. The second-order valence-corrected chi connectivity index (χ2v) is 5.41. The van der Waals surface area contributed by atoms with Crippen LogP contribution < -0.4 is 5.73 Å². The van der Waals surface area contributed by atoms with Crippen LogP contribution in [0.5, 0.6) is 0 Å². The fraction of sp³-hybridized carbons (Fsp3) is 0.600. The lowest BCUT2D eigenvalue weighted by molar-refractivity contribution is -0.145. The number of rotatable bonds is 4. The van der Waals surface area contributed by atoms with Crippen molar-refractivity contribution in [2.45, 2.75) is 37.6 Å². The van der Waals surface area contributed by atoms with Crippen LogP contribution in [0, 0.1) is 0 Å². The van der Waals surface area contributed by atoms with E-state index >= 15 is 0 Å². The van der Waals surface area contributed by atoms with Crippen LogP contribution in [0.25, 0.3) is 0 Å². The number of aliphatic carboxylic acids is 1. The van der Waals surface area contributed by atoms with Crippen LogP contribution in [0.2, 0.25) is 0 Å². The number of carboxylic acids is 1. The molecular weight excluding hydrogens is 228 g/mol. The molecule has 88 valence electrons. The van der Waals surface area contributed by atoms with Gasteiger partial charge < -0.3 is 10.8 Å². The third-order valence-electron chi connectivity index (χ3n) is 2.72. The zero-order valence-electron chi connectivity index (χ0n) is 8.97. The minimum absolute atomic E-state index is 0.0154. The molecule has 1 unspecified atom stereocenters. The summed E-state index contributed by atoms with van der Waals surface area (Å²) >= 11 is 1.49. The lowest BCUT2D eigenvalue weighted by atomic mass is 10.1. The van der Waals surface area contributed by atoms with Crippen LogP contribution in [-0.2, 0) is 9.59 Å². The second kappa shape index (κ2) is 4.10. The van der Waals surface area contributed by atoms with E-state index in [0.717, 1.165) is 11.3 Å². The highest BCUT2D eigenvalue weighted by molar-refractivity contribution is 8.04. The minimum Gasteiger partial charge on any atom is -0.477 e. The first kappa shape index (κ1) is 11.5. The SMILES string of the molecule is CC(N)CCC1=C(C(=O)O)N2C(=O)C[C@H]2S1. The monoisotopic (exact) mass is 242 g/mol. The molecule has 1 amide bonds. The van der Waals surface area contributed by atoms with Gasteiger partial charge in [0.1, 0.15) is 5.70 Å². The summed E-state index contributed by atoms with van der Waals surface area (Å²) < 4.78 is 0. The zero-order valence-corrected chi connectivity index (χ0v) is 9.79. The molecule has 0 aliphatic carbocycles. The number of hydrogen-bond donors (Lipinski definition) is 2. The Morgan fingerprint density at radius 2 is 2.44 bits per heavy atom. The van der Waals surface area contributed by atoms with Gasteiger partial charge in [0.25, 0.3) is 0 Å². The van der Waals surface area contributed by atoms with Crippen molar-refractivity contribution in [3.05, 3.63) is 10.6 Å². The van der Waals surface area contributed by atoms with Crippen LogP contribution in [-0.4, -0.2) is 33.3 Å². The summed E-state index contributed by atoms with van der Waals surface area (Å²) in [5.74, 6) is -1.10. The van der Waals surface area contributed by atoms with Gasteiger partial charge >= 0.3 is 5.97 Å². The standard InChI is InChI=1S/C10H14N2O3S/c1-5(11)2-3-6-9(10(14)15)12-7(13)4-8(12)16-6/h5,8H,2-4,11H2,1H3,(H,14,15)/t5?,8-/m1/s1. The average Bonchev–Trinajstić information content (AvgIpc) is 2.47. The number of fused-ring (bicyclic) bond motifs is 1. The van der Waals surface area contributed by atoms with Crippen LogP contribution in [0.15, 0.2) is 10.6 Å². The fourth-order valence-electron chi connectivity index (χ4n) is 1.86. The average molecular weight is 242 g/mol. The number of carboxylic acid groups (broad SMARTS) is 1. The first-order chi connectivity index (χ1) is 7.50. The molecule has 2 aliphatic heterocycles. The van der Waals surface area contributed by atoms with E-state index in [1.807, 2.05) is 6.92 Å². The molecule has 1 fully saturated rings. The maximum absolute atomic E-state index is 11.3. The van der Waals surface area contributed by atoms with Crippen LogP contribution in [0.3, 0.4) is 0 Å². The minimum atomic E-state index is -1.01. The van der Waals surface area contributed by atoms with Gasteiger partial charge in [-0.2, -0.15) is 0 Å². The first-order valence-corrected chi connectivity index (χ1v) is 6.09. The molecule has 0 saturated carbocycles. The number of hydrogen-bond acceptors (Lipinski definition) is 4. The summed E-state index contributed by atoms with van der Waals surface area (Å²) in [6.07, 6.45) is 1.83. The van der Waals surface area contributed by atoms with Crippen molar-refractivity contribution in [3.63, 3.8) is 0 Å². The summed E-state index contributed by atoms with van der Waals surface area (Å²) in [6, 6.07) is 0.0482. The molecule has 0 aromatic heterocycles. The van der Waals surface area contributed by atoms with Crippen molar-refractivity contribution in [2.75, 3.05) is 0 Å². The molecule has 5 nitrogen and oxygen atoms in total. The maximum atomic E-state index is 11.3. The number of amides is 1. The second-order valence-electron chi connectivity index (χ2n) is 4.13. The molecule has 1 saturated heterocycles. The Bertz CT molecular complexity index is 378. The van der Waals surface area contributed by atoms with Crippen molar-refractivity contribution < 1.29 is 14.7 Å². The molecule has 0 spiro atoms. The topological polar surface area (TPSA) is 83.6 Å². The maximum Gasteiger partial charge on any atom is 0.353 e. The number of thioether (sulfide) groups is 1. The lowest BCUT2D eigenvalue weighted by Gasteiger charge is -2.33. The predicted octanol–water partition coefficient (Wildman–Crippen LogP) is 0.715. The zero-order chi connectivity index (χ0) is 11.9. The van der Waals surface area contributed by atoms with Gasteiger partial charge in [-0.15, -0.1) is 11.8 Å². The predicted molar refractivity (Wildman–Crippen MR) is 60.4 cm³/mol. The summed E-state index contributed by atoms with van der Waals surface area (Å²) in [5, 5.41) is 9.11. The van der Waals surface area contributed by atoms with E-state index in [9.17, 15) is 9.59 Å². The number of allylic oxidation sites excluding steroid dienone is 1. The van der Waals surface area contributed by atoms with Gasteiger partial charge in [-0.3, -0.25) is 9.69 Å². The van der Waals surface area contributed by atoms with Crippen LogP contribution in [0.1, 0.15) is 26.2 Å². The highest BCUT2D eigenvalue weighted by Gasteiger charge is 2.47. The van der Waals surface area contributed by atoms with E-state index in [2.05, 4.69) is 0 Å². The molecule has 3 N–H and O–H groups in total. The smallest absolute Gasteiger partial charge is 0.353 e. The lowest BCUT2D eigenvalue weighted by Crippen LogP contribution is -2.48. The molecule has 2 rings (SSSR count). The largest absolute Gasteiger partial charge is 0.477 e. The molecule has 2 aliphatic rings. The van der Waals surface area contributed by atoms with Crippen LogP contribution in [0.4, 0.5) is 0 Å². The first-order valence-electron chi connectivity index (χ1n) is 5.21. The van der Waals surface area contributed by atoms with Crippen molar-refractivity contribution in [1.29, 1.82) is 0 Å². The molecule has 2 atom stereocenters. The van der Waals surface area contributed by atoms with Crippen molar-refractivity contribution in [1.82, 2.24) is 4.90 Å². The molecule has 0 radical (unpaired) electrons. The number of nitrogens with zero attached hydrogens (tertiary/aromatic N) is 1. The van der Waals surface area contributed by atoms with Gasteiger partial charge in [-0.25, -0.2) is 4.79 Å². The molecule has 0 bridgehead atoms. The van der Waals surface area contributed by atoms with Gasteiger partial charge in [0.05, 0.1) is 11.8 Å². The van der Waals surface area contributed by atoms with Crippen molar-refractivity contribution >= 4 is 23.6 Å². The normalized spacial score (nSPS) is 25.5. The van der Waals surface area contributed by atoms with E-state index in [1.54, 1.807) is 0 Å². The van der Waals surface area contributed by atoms with Gasteiger partial charge in [-0.1, -0.05) is 0 Å². The van der Waals surface area contributed by atoms with Gasteiger partial charge in [0.15, 0.2) is 0 Å². The molecule has 0 aromatic rings. The van der Waals surface area contributed by atoms with Gasteiger partial charge in [-0.05, 0) is 19.8 Å². The van der Waals surface area contributed by atoms with Crippen molar-refractivity contribution in [2.24, 2.45) is 5.73 Å². The highest BCUT2D eigenvalue weighted by atomic mass is 32.2.